The molecule has 2 N–H and O–H groups in total. The Morgan fingerprint density at radius 1 is 1.17 bits per heavy atom. The average Bonchev–Trinajstić information content (AvgIpc) is 2.83. The number of rotatable bonds is 1. The Morgan fingerprint density at radius 3 is 2.61 bits per heavy atom. The quantitative estimate of drug-likeness (QED) is 0.750. The minimum Gasteiger partial charge on any atom is -0.383 e. The highest BCUT2D eigenvalue weighted by atomic mass is 79.9. The molecule has 0 spiro atoms. The predicted molar refractivity (Wildman–Crippen MR) is 75.0 cm³/mol. The summed E-state index contributed by atoms with van der Waals surface area (Å²) in [4.78, 5) is 0. The van der Waals surface area contributed by atoms with Crippen LogP contribution in [-0.2, 0) is 14.1 Å². The predicted octanol–water partition coefficient (Wildman–Crippen LogP) is 2.32. The van der Waals surface area contributed by atoms with Crippen LogP contribution in [0, 0.1) is 0 Å². The molecule has 0 aliphatic heterocycles. The Labute approximate surface area is 112 Å². The molecular weight excluding hydrogens is 294 g/mol. The van der Waals surface area contributed by atoms with Crippen LogP contribution < -0.4 is 5.73 Å². The van der Waals surface area contributed by atoms with Crippen LogP contribution in [0.5, 0.6) is 0 Å². The zero-order valence-corrected chi connectivity index (χ0v) is 11.6. The van der Waals surface area contributed by atoms with Gasteiger partial charge in [-0.3, -0.25) is 9.36 Å². The first-order valence-electron chi connectivity index (χ1n) is 5.48. The fraction of sp³-hybridized carbons (Fsp3) is 0.167. The summed E-state index contributed by atoms with van der Waals surface area (Å²) >= 11 is 3.46. The van der Waals surface area contributed by atoms with E-state index in [1.807, 2.05) is 37.0 Å². The number of nitrogen functional groups attached to an aromatic ring is 1. The number of hydrogen-bond donors (Lipinski definition) is 1. The van der Waals surface area contributed by atoms with Gasteiger partial charge >= 0.3 is 0 Å². The SMILES string of the molecule is Cn1ncc(-c2cccc3c(Br)nn(C)c23)c1N. The van der Waals surface area contributed by atoms with Gasteiger partial charge in [0.2, 0.25) is 0 Å². The number of fused-ring (bicyclic) bond motifs is 1. The number of anilines is 1. The van der Waals surface area contributed by atoms with E-state index in [1.165, 1.54) is 0 Å². The molecule has 0 saturated heterocycles. The van der Waals surface area contributed by atoms with Gasteiger partial charge in [0, 0.05) is 30.6 Å². The number of halogens is 1. The smallest absolute Gasteiger partial charge is 0.136 e. The summed E-state index contributed by atoms with van der Waals surface area (Å²) in [6, 6.07) is 6.06. The number of nitrogens with two attached hydrogens (primary N) is 1. The van der Waals surface area contributed by atoms with Crippen molar-refractivity contribution in [2.45, 2.75) is 0 Å². The molecule has 0 fully saturated rings. The molecule has 1 aromatic carbocycles. The molecule has 18 heavy (non-hydrogen) atoms. The summed E-state index contributed by atoms with van der Waals surface area (Å²) in [6.45, 7) is 0. The van der Waals surface area contributed by atoms with Crippen molar-refractivity contribution in [3.8, 4) is 11.1 Å². The van der Waals surface area contributed by atoms with Gasteiger partial charge < -0.3 is 5.73 Å². The lowest BCUT2D eigenvalue weighted by atomic mass is 10.1. The number of aromatic nitrogens is 4. The van der Waals surface area contributed by atoms with Crippen LogP contribution in [0.4, 0.5) is 5.82 Å². The van der Waals surface area contributed by atoms with Crippen LogP contribution in [-0.4, -0.2) is 19.6 Å². The molecule has 0 amide bonds. The number of aryl methyl sites for hydroxylation is 2. The van der Waals surface area contributed by atoms with Crippen LogP contribution in [0.25, 0.3) is 22.0 Å². The fourth-order valence-corrected chi connectivity index (χ4v) is 2.72. The number of benzene rings is 1. The van der Waals surface area contributed by atoms with E-state index in [4.69, 9.17) is 5.73 Å². The minimum atomic E-state index is 0.653. The molecule has 0 unspecified atom stereocenters. The molecule has 2 aromatic heterocycles. The van der Waals surface area contributed by atoms with E-state index in [-0.39, 0.29) is 0 Å². The van der Waals surface area contributed by atoms with Crippen molar-refractivity contribution in [1.82, 2.24) is 19.6 Å². The zero-order chi connectivity index (χ0) is 12.9. The maximum atomic E-state index is 6.04. The van der Waals surface area contributed by atoms with E-state index >= 15 is 0 Å². The van der Waals surface area contributed by atoms with Gasteiger partial charge in [0.25, 0.3) is 0 Å². The summed E-state index contributed by atoms with van der Waals surface area (Å²) < 4.78 is 4.35. The topological polar surface area (TPSA) is 61.7 Å². The molecule has 0 bridgehead atoms. The third-order valence-corrected chi connectivity index (χ3v) is 3.68. The molecule has 0 saturated carbocycles. The molecule has 6 heteroatoms. The second kappa shape index (κ2) is 3.84. The molecule has 0 radical (unpaired) electrons. The number of hydrogen-bond acceptors (Lipinski definition) is 3. The van der Waals surface area contributed by atoms with Gasteiger partial charge in [-0.1, -0.05) is 12.1 Å². The van der Waals surface area contributed by atoms with Gasteiger partial charge in [0.05, 0.1) is 11.7 Å². The summed E-state index contributed by atoms with van der Waals surface area (Å²) in [5, 5.41) is 9.63. The summed E-state index contributed by atoms with van der Waals surface area (Å²) in [6.07, 6.45) is 1.78. The Kier molecular flexibility index (Phi) is 2.41. The van der Waals surface area contributed by atoms with E-state index in [0.29, 0.717) is 5.82 Å². The van der Waals surface area contributed by atoms with E-state index in [1.54, 1.807) is 10.9 Å². The van der Waals surface area contributed by atoms with Crippen molar-refractivity contribution >= 4 is 32.7 Å². The highest BCUT2D eigenvalue weighted by molar-refractivity contribution is 9.10. The largest absolute Gasteiger partial charge is 0.383 e. The van der Waals surface area contributed by atoms with Crippen LogP contribution in [0.15, 0.2) is 29.0 Å². The highest BCUT2D eigenvalue weighted by Gasteiger charge is 2.15. The summed E-state index contributed by atoms with van der Waals surface area (Å²) in [5.41, 5.74) is 9.06. The second-order valence-electron chi connectivity index (χ2n) is 4.18. The molecule has 0 aliphatic carbocycles. The standard InChI is InChI=1S/C12H12BrN5/c1-17-10-7(9-6-15-18(2)12(9)14)4-3-5-8(10)11(13)16-17/h3-6H,14H2,1-2H3. The molecule has 2 heterocycles. The number of nitrogens with zero attached hydrogens (tertiary/aromatic N) is 4. The van der Waals surface area contributed by atoms with Crippen molar-refractivity contribution in [1.29, 1.82) is 0 Å². The van der Waals surface area contributed by atoms with Crippen molar-refractivity contribution in [3.05, 3.63) is 29.0 Å². The Hall–Kier alpha value is -1.82. The van der Waals surface area contributed by atoms with Crippen molar-refractivity contribution in [2.24, 2.45) is 14.1 Å². The Morgan fingerprint density at radius 2 is 1.94 bits per heavy atom. The Balaban J connectivity index is 2.39. The lowest BCUT2D eigenvalue weighted by Crippen LogP contribution is -1.98. The first-order chi connectivity index (χ1) is 8.59. The molecule has 3 aromatic rings. The molecule has 3 rings (SSSR count). The van der Waals surface area contributed by atoms with Crippen LogP contribution in [0.1, 0.15) is 0 Å². The third kappa shape index (κ3) is 1.45. The lowest BCUT2D eigenvalue weighted by Gasteiger charge is -2.04. The molecule has 0 aliphatic rings. The lowest BCUT2D eigenvalue weighted by molar-refractivity contribution is 0.779. The highest BCUT2D eigenvalue weighted by Crippen LogP contribution is 2.34. The summed E-state index contributed by atoms with van der Waals surface area (Å²) in [5.74, 6) is 0.653. The van der Waals surface area contributed by atoms with Gasteiger partial charge in [-0.05, 0) is 22.0 Å². The first kappa shape index (κ1) is 11.3. The summed E-state index contributed by atoms with van der Waals surface area (Å²) in [7, 11) is 3.75. The third-order valence-electron chi connectivity index (χ3n) is 3.09. The van der Waals surface area contributed by atoms with Gasteiger partial charge in [-0.2, -0.15) is 10.2 Å². The number of para-hydroxylation sites is 1. The van der Waals surface area contributed by atoms with E-state index < -0.39 is 0 Å². The normalized spacial score (nSPS) is 11.3. The van der Waals surface area contributed by atoms with Crippen LogP contribution >= 0.6 is 15.9 Å². The maximum Gasteiger partial charge on any atom is 0.136 e. The Bertz CT molecular complexity index is 740. The minimum absolute atomic E-state index is 0.653. The average molecular weight is 306 g/mol. The first-order valence-corrected chi connectivity index (χ1v) is 6.28. The van der Waals surface area contributed by atoms with E-state index in [0.717, 1.165) is 26.6 Å². The van der Waals surface area contributed by atoms with E-state index in [2.05, 4.69) is 26.1 Å². The molecule has 92 valence electrons. The van der Waals surface area contributed by atoms with Gasteiger partial charge in [0.15, 0.2) is 0 Å². The molecule has 5 nitrogen and oxygen atoms in total. The van der Waals surface area contributed by atoms with Crippen LogP contribution in [0.2, 0.25) is 0 Å². The molecule has 0 atom stereocenters. The van der Waals surface area contributed by atoms with Gasteiger partial charge in [-0.15, -0.1) is 0 Å². The zero-order valence-electron chi connectivity index (χ0n) is 10.1. The van der Waals surface area contributed by atoms with Crippen LogP contribution in [0.3, 0.4) is 0 Å². The monoisotopic (exact) mass is 305 g/mol. The van der Waals surface area contributed by atoms with E-state index in [9.17, 15) is 0 Å². The second-order valence-corrected chi connectivity index (χ2v) is 4.93. The van der Waals surface area contributed by atoms with Gasteiger partial charge in [-0.25, -0.2) is 0 Å². The fourth-order valence-electron chi connectivity index (χ4n) is 2.17. The van der Waals surface area contributed by atoms with Crippen molar-refractivity contribution < 1.29 is 0 Å². The molecular formula is C12H12BrN5. The van der Waals surface area contributed by atoms with Gasteiger partial charge in [0.1, 0.15) is 10.4 Å². The van der Waals surface area contributed by atoms with Crippen molar-refractivity contribution in [3.63, 3.8) is 0 Å². The van der Waals surface area contributed by atoms with Crippen molar-refractivity contribution in [2.75, 3.05) is 5.73 Å². The maximum absolute atomic E-state index is 6.04.